The van der Waals surface area contributed by atoms with Crippen LogP contribution >= 0.6 is 15.9 Å². The van der Waals surface area contributed by atoms with Gasteiger partial charge in [0.25, 0.3) is 17.7 Å². The maximum atomic E-state index is 13.8. The zero-order valence-electron chi connectivity index (χ0n) is 22.7. The van der Waals surface area contributed by atoms with Gasteiger partial charge in [-0.25, -0.2) is 9.91 Å². The number of aryl methyl sites for hydroxylation is 2. The Labute approximate surface area is 245 Å². The molecule has 0 saturated carbocycles. The molecule has 3 aliphatic heterocycles. The third-order valence-corrected chi connectivity index (χ3v) is 8.07. The normalized spacial score (nSPS) is 21.5. The van der Waals surface area contributed by atoms with E-state index in [0.717, 1.165) is 37.3 Å². The quantitative estimate of drug-likeness (QED) is 0.373. The van der Waals surface area contributed by atoms with E-state index < -0.39 is 23.9 Å². The first-order valence-electron chi connectivity index (χ1n) is 13.2. The predicted octanol–water partition coefficient (Wildman–Crippen LogP) is 4.75. The lowest BCUT2D eigenvalue weighted by Crippen LogP contribution is -2.44. The summed E-state index contributed by atoms with van der Waals surface area (Å²) in [4.78, 5) is 41.5. The molecule has 0 unspecified atom stereocenters. The van der Waals surface area contributed by atoms with Crippen LogP contribution in [0.25, 0.3) is 0 Å². The fraction of sp³-hybridized carbons (Fsp3) is 0.267. The summed E-state index contributed by atoms with van der Waals surface area (Å²) in [6, 6.07) is 18.3. The zero-order chi connectivity index (χ0) is 28.8. The number of hydrogen-bond acceptors (Lipinski definition) is 8. The molecular weight excluding hydrogens is 588 g/mol. The molecule has 6 rings (SSSR count). The summed E-state index contributed by atoms with van der Waals surface area (Å²) in [5.74, 6) is -0.581. The first-order chi connectivity index (χ1) is 19.7. The minimum atomic E-state index is -1.00. The number of methoxy groups -OCH3 is 1. The molecule has 0 bridgehead atoms. The lowest BCUT2D eigenvalue weighted by molar-refractivity contribution is -0.135. The number of anilines is 1. The third kappa shape index (κ3) is 4.80. The van der Waals surface area contributed by atoms with E-state index in [9.17, 15) is 14.4 Å². The number of carbonyl (C=O) groups is 3. The largest absolute Gasteiger partial charge is 0.497 e. The van der Waals surface area contributed by atoms with Crippen molar-refractivity contribution >= 4 is 45.1 Å². The smallest absolute Gasteiger partial charge is 0.264 e. The van der Waals surface area contributed by atoms with E-state index in [0.29, 0.717) is 17.9 Å². The number of hydrogen-bond donors (Lipinski definition) is 0. The molecule has 11 heteroatoms. The molecule has 1 saturated heterocycles. The van der Waals surface area contributed by atoms with Crippen LogP contribution < -0.4 is 9.64 Å². The topological polar surface area (TPSA) is 107 Å². The van der Waals surface area contributed by atoms with E-state index in [1.54, 1.807) is 25.3 Å². The Kier molecular flexibility index (Phi) is 6.90. The van der Waals surface area contributed by atoms with Crippen LogP contribution in [0.1, 0.15) is 34.7 Å². The Morgan fingerprint density at radius 3 is 2.51 bits per heavy atom. The molecule has 1 fully saturated rings. The van der Waals surface area contributed by atoms with E-state index >= 15 is 0 Å². The molecule has 3 aliphatic rings. The molecule has 3 amide bonds. The molecule has 3 aromatic rings. The first-order valence-corrected chi connectivity index (χ1v) is 14.0. The van der Waals surface area contributed by atoms with Gasteiger partial charge in [-0.05, 0) is 55.3 Å². The number of nitrogens with zero attached hydrogens (tertiary/aromatic N) is 6. The molecule has 41 heavy (non-hydrogen) atoms. The van der Waals surface area contributed by atoms with Crippen molar-refractivity contribution in [3.05, 3.63) is 93.5 Å². The Morgan fingerprint density at radius 2 is 1.80 bits per heavy atom. The minimum Gasteiger partial charge on any atom is -0.497 e. The summed E-state index contributed by atoms with van der Waals surface area (Å²) in [5, 5.41) is 15.7. The molecular formula is C30H27BrN6O4. The number of imide groups is 1. The molecule has 0 aromatic heterocycles. The first kappa shape index (κ1) is 26.8. The number of ether oxygens (including phenoxy) is 1. The molecule has 3 atom stereocenters. The van der Waals surface area contributed by atoms with Crippen molar-refractivity contribution in [2.75, 3.05) is 18.6 Å². The van der Waals surface area contributed by atoms with Gasteiger partial charge in [0.05, 0.1) is 24.6 Å². The minimum absolute atomic E-state index is 0.258. The maximum absolute atomic E-state index is 13.8. The average molecular weight is 615 g/mol. The highest BCUT2D eigenvalue weighted by Crippen LogP contribution is 2.36. The number of rotatable bonds is 6. The molecule has 3 heterocycles. The second-order valence-corrected chi connectivity index (χ2v) is 11.2. The van der Waals surface area contributed by atoms with Gasteiger partial charge in [-0.2, -0.15) is 10.2 Å². The van der Waals surface area contributed by atoms with Crippen molar-refractivity contribution in [1.82, 2.24) is 10.0 Å². The summed E-state index contributed by atoms with van der Waals surface area (Å²) >= 11 is 3.38. The van der Waals surface area contributed by atoms with Gasteiger partial charge in [0.1, 0.15) is 12.3 Å². The average Bonchev–Trinajstić information content (AvgIpc) is 3.64. The van der Waals surface area contributed by atoms with Crippen LogP contribution in [0.3, 0.4) is 0 Å². The van der Waals surface area contributed by atoms with Crippen LogP contribution in [0.2, 0.25) is 0 Å². The highest BCUT2D eigenvalue weighted by molar-refractivity contribution is 9.10. The number of halogens is 1. The monoisotopic (exact) mass is 614 g/mol. The number of hydrazone groups is 1. The van der Waals surface area contributed by atoms with Gasteiger partial charge in [-0.1, -0.05) is 63.1 Å². The fourth-order valence-electron chi connectivity index (χ4n) is 5.56. The van der Waals surface area contributed by atoms with E-state index in [-0.39, 0.29) is 18.5 Å². The van der Waals surface area contributed by atoms with Gasteiger partial charge in [0.15, 0.2) is 12.1 Å². The molecule has 0 radical (unpaired) electrons. The van der Waals surface area contributed by atoms with Gasteiger partial charge in [0.2, 0.25) is 0 Å². The van der Waals surface area contributed by atoms with Gasteiger partial charge in [-0.3, -0.25) is 19.4 Å². The standard InChI is InChI=1S/C30H27BrN6O4/c1-17-7-12-23(18(2)13-17)24-15-25(19-8-10-22(41-3)11-9-19)37(33-24)26(38)16-35-28-27(32-34-35)29(39)36(30(28)40)21-6-4-5-20(31)14-21/h4-14,25,27-28H,15-16H2,1-3H3/t25-,27+,28-/m1/s1. The van der Waals surface area contributed by atoms with Gasteiger partial charge in [-0.15, -0.1) is 0 Å². The predicted molar refractivity (Wildman–Crippen MR) is 155 cm³/mol. The zero-order valence-corrected chi connectivity index (χ0v) is 24.3. The van der Waals surface area contributed by atoms with Crippen molar-refractivity contribution in [1.29, 1.82) is 0 Å². The molecule has 10 nitrogen and oxygen atoms in total. The van der Waals surface area contributed by atoms with Crippen LogP contribution in [0.15, 0.2) is 86.6 Å². The van der Waals surface area contributed by atoms with Crippen LogP contribution in [-0.4, -0.2) is 59.2 Å². The van der Waals surface area contributed by atoms with Crippen LogP contribution in [0.5, 0.6) is 5.75 Å². The lowest BCUT2D eigenvalue weighted by Gasteiger charge is -2.25. The molecule has 0 spiro atoms. The van der Waals surface area contributed by atoms with Crippen molar-refractivity contribution in [2.24, 2.45) is 15.4 Å². The summed E-state index contributed by atoms with van der Waals surface area (Å²) in [6.45, 7) is 3.81. The van der Waals surface area contributed by atoms with Gasteiger partial charge < -0.3 is 4.74 Å². The number of carbonyl (C=O) groups excluding carboxylic acids is 3. The number of amides is 3. The van der Waals surface area contributed by atoms with Crippen molar-refractivity contribution in [3.8, 4) is 5.75 Å². The van der Waals surface area contributed by atoms with Crippen LogP contribution in [-0.2, 0) is 14.4 Å². The fourth-order valence-corrected chi connectivity index (χ4v) is 5.95. The van der Waals surface area contributed by atoms with Crippen molar-refractivity contribution in [2.45, 2.75) is 38.4 Å². The highest BCUT2D eigenvalue weighted by Gasteiger charge is 2.55. The summed E-state index contributed by atoms with van der Waals surface area (Å²) in [5.41, 5.74) is 5.33. The van der Waals surface area contributed by atoms with E-state index in [1.807, 2.05) is 56.3 Å². The van der Waals surface area contributed by atoms with E-state index in [1.165, 1.54) is 10.0 Å². The van der Waals surface area contributed by atoms with Gasteiger partial charge in [0, 0.05) is 16.5 Å². The van der Waals surface area contributed by atoms with Gasteiger partial charge >= 0.3 is 0 Å². The van der Waals surface area contributed by atoms with Crippen molar-refractivity contribution < 1.29 is 19.1 Å². The molecule has 3 aromatic carbocycles. The Morgan fingerprint density at radius 1 is 1.02 bits per heavy atom. The van der Waals surface area contributed by atoms with Crippen molar-refractivity contribution in [3.63, 3.8) is 0 Å². The van der Waals surface area contributed by atoms with Crippen LogP contribution in [0.4, 0.5) is 5.69 Å². The Hall–Kier alpha value is -4.38. The Bertz CT molecular complexity index is 1620. The molecule has 208 valence electrons. The number of benzene rings is 3. The SMILES string of the molecule is COc1ccc([C@H]2CC(c3ccc(C)cc3C)=NN2C(=O)CN2N=N[C@@H]3C(=O)N(c4cccc(Br)c4)C(=O)[C@@H]32)cc1. The second-order valence-electron chi connectivity index (χ2n) is 10.3. The highest BCUT2D eigenvalue weighted by atomic mass is 79.9. The Balaban J connectivity index is 1.28. The summed E-state index contributed by atoms with van der Waals surface area (Å²) < 4.78 is 6.05. The lowest BCUT2D eigenvalue weighted by atomic mass is 9.95. The maximum Gasteiger partial charge on any atom is 0.264 e. The number of fused-ring (bicyclic) bond motifs is 1. The van der Waals surface area contributed by atoms with Crippen LogP contribution in [0, 0.1) is 13.8 Å². The van der Waals surface area contributed by atoms with E-state index in [4.69, 9.17) is 9.84 Å². The second kappa shape index (κ2) is 10.5. The summed E-state index contributed by atoms with van der Waals surface area (Å²) in [7, 11) is 1.60. The van der Waals surface area contributed by atoms with E-state index in [2.05, 4.69) is 32.3 Å². The molecule has 0 aliphatic carbocycles. The summed E-state index contributed by atoms with van der Waals surface area (Å²) in [6.07, 6.45) is 0.517. The molecule has 0 N–H and O–H groups in total. The third-order valence-electron chi connectivity index (χ3n) is 7.58.